The lowest BCUT2D eigenvalue weighted by atomic mass is 9.98. The van der Waals surface area contributed by atoms with Gasteiger partial charge in [0.2, 0.25) is 0 Å². The number of rotatable bonds is 9. The molecule has 0 aliphatic carbocycles. The van der Waals surface area contributed by atoms with Gasteiger partial charge in [0.1, 0.15) is 11.5 Å². The zero-order valence-corrected chi connectivity index (χ0v) is 25.9. The molecule has 3 amide bonds. The summed E-state index contributed by atoms with van der Waals surface area (Å²) in [5.74, 6) is 1.38. The molecule has 3 saturated heterocycles. The number of amides is 3. The molecule has 3 heterocycles. The normalized spacial score (nSPS) is 20.3. The summed E-state index contributed by atoms with van der Waals surface area (Å²) in [6, 6.07) is 26.9. The Morgan fingerprint density at radius 2 is 1.50 bits per heavy atom. The van der Waals surface area contributed by atoms with Crippen molar-refractivity contribution in [3.8, 4) is 11.5 Å². The highest BCUT2D eigenvalue weighted by molar-refractivity contribution is 5.94. The molecule has 6 rings (SSSR count). The molecule has 8 nitrogen and oxygen atoms in total. The van der Waals surface area contributed by atoms with Crippen LogP contribution >= 0.6 is 0 Å². The van der Waals surface area contributed by atoms with E-state index in [0.29, 0.717) is 11.3 Å². The number of ether oxygens (including phenoxy) is 2. The Morgan fingerprint density at radius 3 is 2.14 bits per heavy atom. The maximum absolute atomic E-state index is 13.9. The predicted molar refractivity (Wildman–Crippen MR) is 171 cm³/mol. The Kier molecular flexibility index (Phi) is 9.48. The van der Waals surface area contributed by atoms with Gasteiger partial charge in [0, 0.05) is 63.1 Å². The highest BCUT2D eigenvalue weighted by atomic mass is 16.5. The third-order valence-electron chi connectivity index (χ3n) is 9.04. The molecule has 1 N–H and O–H groups in total. The van der Waals surface area contributed by atoms with E-state index >= 15 is 0 Å². The van der Waals surface area contributed by atoms with Crippen LogP contribution in [-0.2, 0) is 11.3 Å². The highest BCUT2D eigenvalue weighted by Crippen LogP contribution is 2.37. The molecule has 0 aromatic heterocycles. The van der Waals surface area contributed by atoms with Crippen molar-refractivity contribution in [2.45, 2.75) is 70.2 Å². The molecule has 0 spiro atoms. The van der Waals surface area contributed by atoms with E-state index in [9.17, 15) is 9.59 Å². The van der Waals surface area contributed by atoms with Crippen LogP contribution in [0.2, 0.25) is 0 Å². The summed E-state index contributed by atoms with van der Waals surface area (Å²) in [6.45, 7) is 8.92. The van der Waals surface area contributed by atoms with Crippen molar-refractivity contribution >= 4 is 11.9 Å². The van der Waals surface area contributed by atoms with Crippen LogP contribution < -0.4 is 10.1 Å². The van der Waals surface area contributed by atoms with Crippen LogP contribution in [0.25, 0.3) is 0 Å². The summed E-state index contributed by atoms with van der Waals surface area (Å²) >= 11 is 0. The maximum atomic E-state index is 13.9. The largest absolute Gasteiger partial charge is 0.457 e. The minimum absolute atomic E-state index is 0.0834. The van der Waals surface area contributed by atoms with Crippen LogP contribution in [0.15, 0.2) is 78.9 Å². The van der Waals surface area contributed by atoms with E-state index in [-0.39, 0.29) is 36.1 Å². The second-order valence-corrected chi connectivity index (χ2v) is 12.5. The van der Waals surface area contributed by atoms with Crippen LogP contribution in [0.3, 0.4) is 0 Å². The first-order valence-corrected chi connectivity index (χ1v) is 16.1. The van der Waals surface area contributed by atoms with Crippen molar-refractivity contribution in [1.82, 2.24) is 20.0 Å². The van der Waals surface area contributed by atoms with E-state index in [1.165, 1.54) is 11.1 Å². The molecule has 0 radical (unpaired) electrons. The van der Waals surface area contributed by atoms with Gasteiger partial charge in [-0.3, -0.25) is 9.69 Å². The summed E-state index contributed by atoms with van der Waals surface area (Å²) in [5, 5.41) is 2.90. The van der Waals surface area contributed by atoms with Crippen molar-refractivity contribution in [2.24, 2.45) is 0 Å². The highest BCUT2D eigenvalue weighted by Gasteiger charge is 2.45. The van der Waals surface area contributed by atoms with E-state index in [1.807, 2.05) is 44.2 Å². The van der Waals surface area contributed by atoms with Crippen LogP contribution in [0.1, 0.15) is 67.1 Å². The fourth-order valence-corrected chi connectivity index (χ4v) is 6.72. The van der Waals surface area contributed by atoms with E-state index < -0.39 is 0 Å². The van der Waals surface area contributed by atoms with Crippen molar-refractivity contribution in [2.75, 3.05) is 32.8 Å². The van der Waals surface area contributed by atoms with Gasteiger partial charge in [-0.05, 0) is 87.1 Å². The van der Waals surface area contributed by atoms with Crippen LogP contribution in [0.4, 0.5) is 4.79 Å². The average molecular weight is 597 g/mol. The lowest BCUT2D eigenvalue weighted by Gasteiger charge is -2.39. The van der Waals surface area contributed by atoms with Gasteiger partial charge in [-0.25, -0.2) is 4.79 Å². The van der Waals surface area contributed by atoms with Crippen molar-refractivity contribution < 1.29 is 19.1 Å². The topological polar surface area (TPSA) is 74.4 Å². The van der Waals surface area contributed by atoms with Crippen LogP contribution in [0.5, 0.6) is 11.5 Å². The minimum Gasteiger partial charge on any atom is -0.457 e. The first kappa shape index (κ1) is 30.2. The Labute approximate surface area is 260 Å². The number of carbonyl (C=O) groups is 2. The van der Waals surface area contributed by atoms with Crippen LogP contribution in [-0.4, -0.2) is 77.6 Å². The molecule has 232 valence electrons. The number of likely N-dealkylation sites (tertiary alicyclic amines) is 1. The number of nitrogens with one attached hydrogen (secondary N) is 1. The first-order chi connectivity index (χ1) is 21.4. The van der Waals surface area contributed by atoms with E-state index in [2.05, 4.69) is 56.4 Å². The van der Waals surface area contributed by atoms with Gasteiger partial charge in [0.25, 0.3) is 5.91 Å². The Balaban J connectivity index is 1.03. The number of nitrogens with zero attached hydrogens (tertiary/aromatic N) is 3. The maximum Gasteiger partial charge on any atom is 0.321 e. The van der Waals surface area contributed by atoms with E-state index in [1.54, 1.807) is 12.1 Å². The van der Waals surface area contributed by atoms with Crippen molar-refractivity contribution in [3.05, 3.63) is 95.6 Å². The molecule has 8 heteroatoms. The first-order valence-electron chi connectivity index (χ1n) is 16.1. The molecule has 0 unspecified atom stereocenters. The van der Waals surface area contributed by atoms with Crippen LogP contribution in [0, 0.1) is 0 Å². The molecular formula is C36H44N4O4. The van der Waals surface area contributed by atoms with Gasteiger partial charge in [-0.2, -0.15) is 0 Å². The number of carbonyl (C=O) groups excluding carboxylic acids is 2. The average Bonchev–Trinajstić information content (AvgIpc) is 3.40. The Bertz CT molecular complexity index is 1380. The molecule has 3 aromatic carbocycles. The molecular weight excluding hydrogens is 552 g/mol. The van der Waals surface area contributed by atoms with Gasteiger partial charge in [0.05, 0.1) is 6.04 Å². The third-order valence-corrected chi connectivity index (χ3v) is 9.04. The summed E-state index contributed by atoms with van der Waals surface area (Å²) in [7, 11) is 0. The molecule has 3 fully saturated rings. The monoisotopic (exact) mass is 596 g/mol. The van der Waals surface area contributed by atoms with Gasteiger partial charge in [0.15, 0.2) is 0 Å². The molecule has 0 bridgehead atoms. The van der Waals surface area contributed by atoms with E-state index in [0.717, 1.165) is 70.8 Å². The van der Waals surface area contributed by atoms with E-state index in [4.69, 9.17) is 9.47 Å². The second kappa shape index (κ2) is 13.8. The van der Waals surface area contributed by atoms with Crippen molar-refractivity contribution in [3.63, 3.8) is 0 Å². The van der Waals surface area contributed by atoms with Crippen molar-refractivity contribution in [1.29, 1.82) is 0 Å². The second-order valence-electron chi connectivity index (χ2n) is 12.5. The molecule has 44 heavy (non-hydrogen) atoms. The number of piperidine rings is 1. The number of benzene rings is 3. The molecule has 1 atom stereocenters. The fraction of sp³-hybridized carbons (Fsp3) is 0.444. The van der Waals surface area contributed by atoms with Gasteiger partial charge >= 0.3 is 6.03 Å². The quantitative estimate of drug-likeness (QED) is 0.317. The fourth-order valence-electron chi connectivity index (χ4n) is 6.72. The number of hydrogen-bond donors (Lipinski definition) is 1. The summed E-state index contributed by atoms with van der Waals surface area (Å²) in [4.78, 5) is 32.9. The smallest absolute Gasteiger partial charge is 0.321 e. The molecule has 3 aromatic rings. The molecule has 3 aliphatic heterocycles. The SMILES string of the molecule is CC(C)NC(=O)c1ccc(Oc2ccc(CN3CCC(N4C(=O)N(C5CCOCC5)C[C@H]4c4ccccc4)CC3)cc2)cc1. The Morgan fingerprint density at radius 1 is 0.864 bits per heavy atom. The molecule has 3 aliphatic rings. The number of urea groups is 1. The lowest BCUT2D eigenvalue weighted by molar-refractivity contribution is 0.0493. The summed E-state index contributed by atoms with van der Waals surface area (Å²) in [5.41, 5.74) is 3.08. The summed E-state index contributed by atoms with van der Waals surface area (Å²) < 4.78 is 11.6. The summed E-state index contributed by atoms with van der Waals surface area (Å²) in [6.07, 6.45) is 3.80. The Hall–Kier alpha value is -3.88. The van der Waals surface area contributed by atoms with Gasteiger partial charge < -0.3 is 24.6 Å². The lowest BCUT2D eigenvalue weighted by Crippen LogP contribution is -2.48. The standard InChI is InChI=1S/C36H44N4O4/c1-26(2)37-35(41)29-10-14-33(15-11-29)44-32-12-8-27(9-13-32)24-38-20-16-31(17-21-38)40-34(28-6-4-3-5-7-28)25-39(36(40)42)30-18-22-43-23-19-30/h3-15,26,30-31,34H,16-25H2,1-2H3,(H,37,41)/t34-/m0/s1. The third kappa shape index (κ3) is 7.08. The van der Waals surface area contributed by atoms with Gasteiger partial charge in [-0.15, -0.1) is 0 Å². The zero-order chi connectivity index (χ0) is 30.5. The minimum atomic E-state index is -0.0834. The zero-order valence-electron chi connectivity index (χ0n) is 25.9. The molecule has 0 saturated carbocycles. The predicted octanol–water partition coefficient (Wildman–Crippen LogP) is 6.24. The number of hydrogen-bond acceptors (Lipinski definition) is 5. The van der Waals surface area contributed by atoms with Gasteiger partial charge in [-0.1, -0.05) is 42.5 Å².